The van der Waals surface area contributed by atoms with Crippen LogP contribution in [-0.2, 0) is 0 Å². The van der Waals surface area contributed by atoms with E-state index in [-0.39, 0.29) is 17.8 Å². The van der Waals surface area contributed by atoms with E-state index in [1.807, 2.05) is 20.2 Å². The molecule has 0 spiro atoms. The van der Waals surface area contributed by atoms with Gasteiger partial charge in [0, 0.05) is 31.0 Å². The summed E-state index contributed by atoms with van der Waals surface area (Å²) in [5.74, 6) is -0.536. The maximum atomic E-state index is 11.2. The van der Waals surface area contributed by atoms with Crippen molar-refractivity contribution in [2.45, 2.75) is 18.6 Å². The Hall–Kier alpha value is -1.66. The Morgan fingerprint density at radius 3 is 3.00 bits per heavy atom. The summed E-state index contributed by atoms with van der Waals surface area (Å²) in [6.07, 6.45) is 1.97. The minimum Gasteiger partial charge on any atom is -0.391 e. The molecule has 1 fully saturated rings. The molecular formula is C13H20N4O2. The number of anilines is 1. The predicted octanol–water partition coefficient (Wildman–Crippen LogP) is -0.318. The van der Waals surface area contributed by atoms with Crippen molar-refractivity contribution in [1.29, 1.82) is 0 Å². The van der Waals surface area contributed by atoms with Crippen LogP contribution in [0.15, 0.2) is 18.3 Å². The molecule has 0 bridgehead atoms. The maximum Gasteiger partial charge on any atom is 0.267 e. The molecule has 19 heavy (non-hydrogen) atoms. The molecule has 1 aromatic rings. The highest BCUT2D eigenvalue weighted by Crippen LogP contribution is 2.26. The van der Waals surface area contributed by atoms with Gasteiger partial charge in [0.2, 0.25) is 0 Å². The summed E-state index contributed by atoms with van der Waals surface area (Å²) in [5, 5.41) is 9.86. The molecule has 1 amide bonds. The molecule has 104 valence electrons. The van der Waals surface area contributed by atoms with Crippen LogP contribution in [0.5, 0.6) is 0 Å². The van der Waals surface area contributed by atoms with Gasteiger partial charge in [-0.15, -0.1) is 0 Å². The van der Waals surface area contributed by atoms with Crippen LogP contribution >= 0.6 is 0 Å². The van der Waals surface area contributed by atoms with E-state index < -0.39 is 5.91 Å². The monoisotopic (exact) mass is 264 g/mol. The van der Waals surface area contributed by atoms with Gasteiger partial charge in [0.1, 0.15) is 5.69 Å². The lowest BCUT2D eigenvalue weighted by Gasteiger charge is -2.28. The van der Waals surface area contributed by atoms with Gasteiger partial charge in [0.15, 0.2) is 0 Å². The van der Waals surface area contributed by atoms with Gasteiger partial charge < -0.3 is 20.6 Å². The quantitative estimate of drug-likeness (QED) is 0.779. The molecule has 0 radical (unpaired) electrons. The molecule has 0 aliphatic carbocycles. The zero-order valence-electron chi connectivity index (χ0n) is 11.3. The number of nitrogens with two attached hydrogens (primary N) is 1. The van der Waals surface area contributed by atoms with Gasteiger partial charge in [-0.1, -0.05) is 0 Å². The third kappa shape index (κ3) is 3.21. The van der Waals surface area contributed by atoms with Crippen LogP contribution < -0.4 is 10.6 Å². The molecule has 1 aliphatic rings. The minimum atomic E-state index is -0.536. The number of likely N-dealkylation sites (N-methyl/N-ethyl adjacent to an activating group) is 1. The predicted molar refractivity (Wildman–Crippen MR) is 73.1 cm³/mol. The number of rotatable bonds is 4. The van der Waals surface area contributed by atoms with Crippen molar-refractivity contribution in [1.82, 2.24) is 9.88 Å². The summed E-state index contributed by atoms with van der Waals surface area (Å²) in [6, 6.07) is 3.75. The highest BCUT2D eigenvalue weighted by atomic mass is 16.3. The zero-order chi connectivity index (χ0) is 14.0. The average molecular weight is 264 g/mol. The van der Waals surface area contributed by atoms with Crippen molar-refractivity contribution >= 4 is 11.6 Å². The van der Waals surface area contributed by atoms with E-state index in [1.165, 1.54) is 0 Å². The van der Waals surface area contributed by atoms with Crippen LogP contribution in [0.3, 0.4) is 0 Å². The first-order chi connectivity index (χ1) is 8.97. The van der Waals surface area contributed by atoms with Crippen molar-refractivity contribution in [2.75, 3.05) is 32.1 Å². The number of aliphatic hydroxyl groups is 1. The molecular weight excluding hydrogens is 244 g/mol. The van der Waals surface area contributed by atoms with E-state index in [0.29, 0.717) is 6.54 Å². The van der Waals surface area contributed by atoms with E-state index >= 15 is 0 Å². The molecule has 0 saturated carbocycles. The summed E-state index contributed by atoms with van der Waals surface area (Å²) in [7, 11) is 4.01. The van der Waals surface area contributed by atoms with Crippen LogP contribution in [-0.4, -0.2) is 60.2 Å². The fourth-order valence-corrected chi connectivity index (χ4v) is 2.54. The topological polar surface area (TPSA) is 82.7 Å². The van der Waals surface area contributed by atoms with E-state index in [0.717, 1.165) is 18.7 Å². The number of aromatic nitrogens is 1. The van der Waals surface area contributed by atoms with Crippen LogP contribution in [0, 0.1) is 0 Å². The first kappa shape index (κ1) is 13.8. The Morgan fingerprint density at radius 2 is 2.37 bits per heavy atom. The number of hydrogen-bond acceptors (Lipinski definition) is 5. The van der Waals surface area contributed by atoms with Gasteiger partial charge in [0.25, 0.3) is 5.91 Å². The van der Waals surface area contributed by atoms with Crippen LogP contribution in [0.2, 0.25) is 0 Å². The Kier molecular flexibility index (Phi) is 4.01. The molecule has 6 nitrogen and oxygen atoms in total. The number of nitrogens with zero attached hydrogens (tertiary/aromatic N) is 3. The highest BCUT2D eigenvalue weighted by molar-refractivity contribution is 5.91. The maximum absolute atomic E-state index is 11.2. The third-order valence-electron chi connectivity index (χ3n) is 3.30. The lowest BCUT2D eigenvalue weighted by Crippen LogP contribution is -2.37. The summed E-state index contributed by atoms with van der Waals surface area (Å²) in [5.41, 5.74) is 6.38. The zero-order valence-corrected chi connectivity index (χ0v) is 11.3. The molecule has 2 atom stereocenters. The number of amides is 1. The Labute approximate surface area is 112 Å². The minimum absolute atomic E-state index is 0.230. The second-order valence-electron chi connectivity index (χ2n) is 5.22. The van der Waals surface area contributed by atoms with Gasteiger partial charge in [-0.25, -0.2) is 0 Å². The number of carbonyl (C=O) groups is 1. The van der Waals surface area contributed by atoms with E-state index in [4.69, 9.17) is 5.73 Å². The number of aliphatic hydroxyl groups excluding tert-OH is 1. The fourth-order valence-electron chi connectivity index (χ4n) is 2.54. The van der Waals surface area contributed by atoms with Gasteiger partial charge >= 0.3 is 0 Å². The van der Waals surface area contributed by atoms with Crippen LogP contribution in [0.1, 0.15) is 16.9 Å². The first-order valence-corrected chi connectivity index (χ1v) is 6.32. The van der Waals surface area contributed by atoms with Crippen molar-refractivity contribution in [3.8, 4) is 0 Å². The highest BCUT2D eigenvalue weighted by Gasteiger charge is 2.31. The largest absolute Gasteiger partial charge is 0.391 e. The van der Waals surface area contributed by atoms with Gasteiger partial charge in [0.05, 0.1) is 6.10 Å². The SMILES string of the molecule is CN(C)CC1CC(O)CN1c1ccnc(C(N)=O)c1. The van der Waals surface area contributed by atoms with E-state index in [1.54, 1.807) is 12.3 Å². The number of hydrogen-bond donors (Lipinski definition) is 2. The molecule has 1 aliphatic heterocycles. The lowest BCUT2D eigenvalue weighted by atomic mass is 10.2. The average Bonchev–Trinajstić information content (AvgIpc) is 2.69. The van der Waals surface area contributed by atoms with E-state index in [9.17, 15) is 9.90 Å². The molecule has 3 N–H and O–H groups in total. The molecule has 0 aromatic carbocycles. The Bertz CT molecular complexity index is 464. The summed E-state index contributed by atoms with van der Waals surface area (Å²) in [6.45, 7) is 1.42. The van der Waals surface area contributed by atoms with E-state index in [2.05, 4.69) is 14.8 Å². The smallest absolute Gasteiger partial charge is 0.267 e. The van der Waals surface area contributed by atoms with Gasteiger partial charge in [-0.2, -0.15) is 0 Å². The number of carbonyl (C=O) groups excluding carboxylic acids is 1. The standard InChI is InChI=1S/C13H20N4O2/c1-16(2)7-10-5-11(18)8-17(10)9-3-4-15-12(6-9)13(14)19/h3-4,6,10-11,18H,5,7-8H2,1-2H3,(H2,14,19). The summed E-state index contributed by atoms with van der Waals surface area (Å²) >= 11 is 0. The Morgan fingerprint density at radius 1 is 1.63 bits per heavy atom. The fraction of sp³-hybridized carbons (Fsp3) is 0.538. The lowest BCUT2D eigenvalue weighted by molar-refractivity contribution is 0.0995. The number of primary amides is 1. The molecule has 2 heterocycles. The third-order valence-corrected chi connectivity index (χ3v) is 3.30. The molecule has 2 unspecified atom stereocenters. The van der Waals surface area contributed by atoms with Crippen LogP contribution in [0.25, 0.3) is 0 Å². The summed E-state index contributed by atoms with van der Waals surface area (Å²) < 4.78 is 0. The molecule has 1 aromatic heterocycles. The van der Waals surface area contributed by atoms with Gasteiger partial charge in [-0.05, 0) is 32.6 Å². The number of β-amino-alcohol motifs (C(OH)–C–C–N with tert-alkyl or cyclic N) is 1. The second kappa shape index (κ2) is 5.54. The first-order valence-electron chi connectivity index (χ1n) is 6.32. The second-order valence-corrected chi connectivity index (χ2v) is 5.22. The summed E-state index contributed by atoms with van der Waals surface area (Å²) in [4.78, 5) is 19.3. The molecule has 6 heteroatoms. The van der Waals surface area contributed by atoms with Crippen molar-refractivity contribution in [3.05, 3.63) is 24.0 Å². The van der Waals surface area contributed by atoms with Crippen molar-refractivity contribution < 1.29 is 9.90 Å². The van der Waals surface area contributed by atoms with Crippen molar-refractivity contribution in [2.24, 2.45) is 5.73 Å². The normalized spacial score (nSPS) is 23.1. The Balaban J connectivity index is 2.23. The molecule has 2 rings (SSSR count). The van der Waals surface area contributed by atoms with Crippen molar-refractivity contribution in [3.63, 3.8) is 0 Å². The number of pyridine rings is 1. The van der Waals surface area contributed by atoms with Gasteiger partial charge in [-0.3, -0.25) is 9.78 Å². The molecule has 1 saturated heterocycles. The van der Waals surface area contributed by atoms with Crippen LogP contribution in [0.4, 0.5) is 5.69 Å².